The third-order valence-corrected chi connectivity index (χ3v) is 2.42. The molecule has 3 nitrogen and oxygen atoms in total. The van der Waals surface area contributed by atoms with Crippen LogP contribution in [0, 0.1) is 0 Å². The van der Waals surface area contributed by atoms with Crippen LogP contribution in [0.4, 0.5) is 0 Å². The van der Waals surface area contributed by atoms with Crippen molar-refractivity contribution in [1.82, 2.24) is 5.32 Å². The fourth-order valence-electron chi connectivity index (χ4n) is 1.44. The molecule has 0 heterocycles. The van der Waals surface area contributed by atoms with Gasteiger partial charge < -0.3 is 5.32 Å². The molecule has 0 bridgehead atoms. The molecule has 0 atom stereocenters. The quantitative estimate of drug-likeness (QED) is 0.380. The van der Waals surface area contributed by atoms with Crippen LogP contribution >= 0.6 is 0 Å². The van der Waals surface area contributed by atoms with Crippen molar-refractivity contribution in [1.29, 1.82) is 0 Å². The highest BCUT2D eigenvalue weighted by Crippen LogP contribution is 2.07. The zero-order valence-corrected chi connectivity index (χ0v) is 12.3. The predicted octanol–water partition coefficient (Wildman–Crippen LogP) is 3.21. The maximum atomic E-state index is 12.1. The second-order valence-electron chi connectivity index (χ2n) is 4.15. The first-order valence-corrected chi connectivity index (χ1v) is 6.43. The number of hydrogen-bond donors (Lipinski definition) is 1. The minimum absolute atomic E-state index is 0.155. The van der Waals surface area contributed by atoms with E-state index in [1.165, 1.54) is 6.08 Å². The summed E-state index contributed by atoms with van der Waals surface area (Å²) in [7, 11) is 0. The monoisotopic (exact) mass is 283 g/mol. The number of hydrogen-bond acceptors (Lipinski definition) is 2. The van der Waals surface area contributed by atoms with Gasteiger partial charge in [0, 0.05) is 12.1 Å². The molecule has 0 aromatic carbocycles. The molecule has 0 aromatic rings. The number of carbonyl (C=O) groups is 2. The van der Waals surface area contributed by atoms with Crippen molar-refractivity contribution in [2.75, 3.05) is 6.54 Å². The maximum absolute atomic E-state index is 12.1. The smallest absolute Gasteiger partial charge is 0.207 e. The van der Waals surface area contributed by atoms with E-state index in [2.05, 4.69) is 25.1 Å². The molecule has 0 aromatic heterocycles. The van der Waals surface area contributed by atoms with Gasteiger partial charge in [0.1, 0.15) is 0 Å². The Morgan fingerprint density at radius 2 is 1.76 bits per heavy atom. The van der Waals surface area contributed by atoms with E-state index < -0.39 is 0 Å². The molecule has 110 valence electrons. The van der Waals surface area contributed by atoms with Crippen molar-refractivity contribution in [3.8, 4) is 0 Å². The molecule has 3 heteroatoms. The maximum Gasteiger partial charge on any atom is 0.207 e. The molecule has 21 heavy (non-hydrogen) atoms. The van der Waals surface area contributed by atoms with Crippen LogP contribution in [0.15, 0.2) is 85.1 Å². The average molecular weight is 283 g/mol. The van der Waals surface area contributed by atoms with Gasteiger partial charge in [-0.3, -0.25) is 9.59 Å². The van der Waals surface area contributed by atoms with E-state index in [0.29, 0.717) is 18.5 Å². The van der Waals surface area contributed by atoms with Crippen molar-refractivity contribution in [2.24, 2.45) is 0 Å². The van der Waals surface area contributed by atoms with Gasteiger partial charge in [-0.25, -0.2) is 0 Å². The lowest BCUT2D eigenvalue weighted by Crippen LogP contribution is -2.13. The Kier molecular flexibility index (Phi) is 9.75. The van der Waals surface area contributed by atoms with Gasteiger partial charge in [0.15, 0.2) is 5.78 Å². The van der Waals surface area contributed by atoms with Gasteiger partial charge in [-0.2, -0.15) is 0 Å². The van der Waals surface area contributed by atoms with E-state index in [9.17, 15) is 9.59 Å². The van der Waals surface area contributed by atoms with Crippen LogP contribution in [0.5, 0.6) is 0 Å². The highest BCUT2D eigenvalue weighted by atomic mass is 16.1. The van der Waals surface area contributed by atoms with Gasteiger partial charge in [0.05, 0.1) is 0 Å². The fraction of sp³-hybridized carbons (Fsp3) is 0.111. The normalized spacial score (nSPS) is 12.9. The number of nitrogens with one attached hydrogen (secondary N) is 1. The lowest BCUT2D eigenvalue weighted by Gasteiger charge is -2.02. The molecule has 0 saturated heterocycles. The third kappa shape index (κ3) is 8.16. The van der Waals surface area contributed by atoms with Gasteiger partial charge in [0.25, 0.3) is 0 Å². The molecule has 0 saturated carbocycles. The van der Waals surface area contributed by atoms with Crippen molar-refractivity contribution >= 4 is 12.2 Å². The zero-order chi connectivity index (χ0) is 16.1. The summed E-state index contributed by atoms with van der Waals surface area (Å²) in [6.07, 6.45) is 13.7. The van der Waals surface area contributed by atoms with Crippen LogP contribution in [0.25, 0.3) is 0 Å². The summed E-state index contributed by atoms with van der Waals surface area (Å²) in [6.45, 7) is 13.1. The summed E-state index contributed by atoms with van der Waals surface area (Å²) >= 11 is 0. The number of allylic oxidation sites excluding steroid dienone is 10. The van der Waals surface area contributed by atoms with E-state index >= 15 is 0 Å². The number of ketones is 1. The molecule has 0 fully saturated rings. The second-order valence-corrected chi connectivity index (χ2v) is 4.15. The van der Waals surface area contributed by atoms with Gasteiger partial charge in [-0.15, -0.1) is 0 Å². The van der Waals surface area contributed by atoms with Crippen LogP contribution in [0.1, 0.15) is 6.92 Å². The highest BCUT2D eigenvalue weighted by molar-refractivity contribution is 6.06. The summed E-state index contributed by atoms with van der Waals surface area (Å²) in [4.78, 5) is 22.4. The molecular weight excluding hydrogens is 262 g/mol. The van der Waals surface area contributed by atoms with Crippen molar-refractivity contribution in [3.63, 3.8) is 0 Å². The topological polar surface area (TPSA) is 46.2 Å². The van der Waals surface area contributed by atoms with E-state index in [0.717, 1.165) is 11.1 Å². The summed E-state index contributed by atoms with van der Waals surface area (Å²) in [5.74, 6) is -0.155. The van der Waals surface area contributed by atoms with Gasteiger partial charge in [-0.1, -0.05) is 67.8 Å². The number of rotatable bonds is 10. The Hall–Kier alpha value is -2.68. The Morgan fingerprint density at radius 1 is 1.10 bits per heavy atom. The summed E-state index contributed by atoms with van der Waals surface area (Å²) in [6, 6.07) is 0. The Bertz CT molecular complexity index is 531. The number of amides is 1. The highest BCUT2D eigenvalue weighted by Gasteiger charge is 2.03. The van der Waals surface area contributed by atoms with Crippen LogP contribution < -0.4 is 5.32 Å². The van der Waals surface area contributed by atoms with Crippen molar-refractivity contribution in [2.45, 2.75) is 6.92 Å². The van der Waals surface area contributed by atoms with Gasteiger partial charge >= 0.3 is 0 Å². The minimum atomic E-state index is -0.155. The molecule has 0 aliphatic rings. The lowest BCUT2D eigenvalue weighted by molar-refractivity contribution is -0.111. The average Bonchev–Trinajstić information content (AvgIpc) is 2.48. The van der Waals surface area contributed by atoms with E-state index in [1.807, 2.05) is 6.92 Å². The zero-order valence-electron chi connectivity index (χ0n) is 12.3. The lowest BCUT2D eigenvalue weighted by atomic mass is 10.1. The number of carbonyl (C=O) groups excluding carboxylic acids is 2. The Morgan fingerprint density at radius 3 is 2.29 bits per heavy atom. The Balaban J connectivity index is 5.14. The summed E-state index contributed by atoms with van der Waals surface area (Å²) < 4.78 is 0. The third-order valence-electron chi connectivity index (χ3n) is 2.42. The minimum Gasteiger partial charge on any atom is -0.355 e. The molecule has 0 aliphatic heterocycles. The fourth-order valence-corrected chi connectivity index (χ4v) is 1.44. The molecule has 0 rings (SSSR count). The van der Waals surface area contributed by atoms with Gasteiger partial charge in [0.2, 0.25) is 6.41 Å². The summed E-state index contributed by atoms with van der Waals surface area (Å²) in [5.41, 5.74) is 2.15. The molecule has 0 aliphatic carbocycles. The van der Waals surface area contributed by atoms with Crippen LogP contribution in [-0.4, -0.2) is 18.7 Å². The van der Waals surface area contributed by atoms with Gasteiger partial charge in [-0.05, 0) is 18.6 Å². The molecule has 0 radical (unpaired) electrons. The van der Waals surface area contributed by atoms with Crippen LogP contribution in [0.2, 0.25) is 0 Å². The van der Waals surface area contributed by atoms with E-state index in [1.54, 1.807) is 42.5 Å². The molecule has 1 N–H and O–H groups in total. The van der Waals surface area contributed by atoms with Crippen LogP contribution in [-0.2, 0) is 9.59 Å². The molecule has 0 unspecified atom stereocenters. The second kappa shape index (κ2) is 11.2. The first kappa shape index (κ1) is 18.3. The van der Waals surface area contributed by atoms with Crippen molar-refractivity contribution in [3.05, 3.63) is 85.1 Å². The van der Waals surface area contributed by atoms with E-state index in [-0.39, 0.29) is 5.78 Å². The molecular formula is C18H21NO2. The molecule has 0 spiro atoms. The summed E-state index contributed by atoms with van der Waals surface area (Å²) in [5, 5.41) is 2.55. The van der Waals surface area contributed by atoms with E-state index in [4.69, 9.17) is 0 Å². The largest absolute Gasteiger partial charge is 0.355 e. The first-order chi connectivity index (χ1) is 10.1. The predicted molar refractivity (Wildman–Crippen MR) is 88.7 cm³/mol. The molecule has 1 amide bonds. The Labute approximate surface area is 126 Å². The van der Waals surface area contributed by atoms with Crippen molar-refractivity contribution < 1.29 is 9.59 Å². The first-order valence-electron chi connectivity index (χ1n) is 6.43. The standard InChI is InChI=1S/C18H21NO2/c1-5-8-16(7-3)10-11-18(21)17(9-6-2)12-15(4)13-19-14-20/h5-12,14H,1-3,13H2,4H3,(H,19,20)/b11-10+,15-12+,16-8+,17-9+. The SMILES string of the molecule is C=C/C=C(C=C)/C=C/C(=O)C(/C=C(\C)CNC=O)=C/C=C. The van der Waals surface area contributed by atoms with Crippen LogP contribution in [0.3, 0.4) is 0 Å².